The van der Waals surface area contributed by atoms with Crippen LogP contribution in [-0.4, -0.2) is 31.5 Å². The van der Waals surface area contributed by atoms with Crippen LogP contribution in [0.4, 0.5) is 0 Å². The summed E-state index contributed by atoms with van der Waals surface area (Å²) < 4.78 is 5.17. The Kier molecular flexibility index (Phi) is 4.81. The number of benzene rings is 2. The second-order valence-corrected chi connectivity index (χ2v) is 5.87. The highest BCUT2D eigenvalue weighted by atomic mass is 16.5. The maximum atomic E-state index is 12.7. The lowest BCUT2D eigenvalue weighted by atomic mass is 9.95. The molecule has 0 N–H and O–H groups in total. The van der Waals surface area contributed by atoms with E-state index in [-0.39, 0.29) is 5.91 Å². The predicted octanol–water partition coefficient (Wildman–Crippen LogP) is 3.40. The van der Waals surface area contributed by atoms with Gasteiger partial charge >= 0.3 is 0 Å². The largest absolute Gasteiger partial charge is 0.497 e. The smallest absolute Gasteiger partial charge is 0.277 e. The van der Waals surface area contributed by atoms with Gasteiger partial charge in [0, 0.05) is 18.7 Å². The first kappa shape index (κ1) is 16.1. The molecule has 1 heterocycles. The van der Waals surface area contributed by atoms with E-state index in [0.29, 0.717) is 13.0 Å². The van der Waals surface area contributed by atoms with Crippen LogP contribution >= 0.6 is 0 Å². The fourth-order valence-corrected chi connectivity index (χ4v) is 2.97. The molecule has 0 unspecified atom stereocenters. The molecule has 0 atom stereocenters. The maximum Gasteiger partial charge on any atom is 0.277 e. The third-order valence-corrected chi connectivity index (χ3v) is 4.31. The average molecular weight is 321 g/mol. The zero-order valence-electron chi connectivity index (χ0n) is 14.1. The number of hydrogen-bond acceptors (Lipinski definition) is 2. The molecular formula is C20H21N2O2+. The van der Waals surface area contributed by atoms with Crippen molar-refractivity contribution in [2.75, 3.05) is 20.7 Å². The van der Waals surface area contributed by atoms with E-state index >= 15 is 0 Å². The molecule has 122 valence electrons. The molecule has 0 saturated heterocycles. The van der Waals surface area contributed by atoms with Gasteiger partial charge in [0.2, 0.25) is 0 Å². The summed E-state index contributed by atoms with van der Waals surface area (Å²) in [5.74, 6) is 0.931. The molecule has 1 amide bonds. The molecule has 0 fully saturated rings. The van der Waals surface area contributed by atoms with Crippen LogP contribution in [0.3, 0.4) is 0 Å². The second kappa shape index (κ2) is 7.18. The molecule has 1 aliphatic rings. The molecule has 2 aromatic carbocycles. The number of carbonyl (C=O) groups excluding carboxylic acids is 1. The van der Waals surface area contributed by atoms with Crippen LogP contribution in [0.25, 0.3) is 4.85 Å². The van der Waals surface area contributed by atoms with Crippen molar-refractivity contribution in [3.63, 3.8) is 0 Å². The first-order valence-corrected chi connectivity index (χ1v) is 8.07. The standard InChI is InChI=1S/C20H21N2O2/c1-21-11-9-15-5-8-19-17(13-15)10-12-22(20(19)23)14-16-3-6-18(24-2)7-4-16/h3-8,13H,9-10,12,14H2,1-2H3/q+1. The van der Waals surface area contributed by atoms with E-state index in [9.17, 15) is 4.79 Å². The molecule has 2 aromatic rings. The molecule has 4 nitrogen and oxygen atoms in total. The Balaban J connectivity index is 1.74. The summed E-state index contributed by atoms with van der Waals surface area (Å²) in [6, 6.07) is 16.8. The van der Waals surface area contributed by atoms with E-state index in [1.54, 1.807) is 14.2 Å². The Morgan fingerprint density at radius 1 is 1.17 bits per heavy atom. The molecular weight excluding hydrogens is 300 g/mol. The Bertz CT molecular complexity index is 801. The number of hydrogen-bond donors (Lipinski definition) is 0. The lowest BCUT2D eigenvalue weighted by molar-refractivity contribution is 0.0727. The molecule has 0 aromatic heterocycles. The SMILES string of the molecule is C[N+]#CCc1ccc2c(c1)CCN(Cc1ccc(OC)cc1)C2=O. The third kappa shape index (κ3) is 3.41. The normalized spacial score (nSPS) is 13.1. The summed E-state index contributed by atoms with van der Waals surface area (Å²) in [5.41, 5.74) is 4.20. The lowest BCUT2D eigenvalue weighted by Crippen LogP contribution is -2.37. The van der Waals surface area contributed by atoms with Gasteiger partial charge in [0.05, 0.1) is 7.11 Å². The lowest BCUT2D eigenvalue weighted by Gasteiger charge is -2.29. The van der Waals surface area contributed by atoms with Crippen molar-refractivity contribution in [2.24, 2.45) is 0 Å². The van der Waals surface area contributed by atoms with E-state index in [1.165, 1.54) is 0 Å². The number of carbonyl (C=O) groups is 1. The highest BCUT2D eigenvalue weighted by molar-refractivity contribution is 5.96. The van der Waals surface area contributed by atoms with E-state index in [4.69, 9.17) is 4.74 Å². The van der Waals surface area contributed by atoms with Crippen molar-refractivity contribution < 1.29 is 9.53 Å². The van der Waals surface area contributed by atoms with Crippen LogP contribution in [0.15, 0.2) is 42.5 Å². The summed E-state index contributed by atoms with van der Waals surface area (Å²) >= 11 is 0. The van der Waals surface area contributed by atoms with Crippen LogP contribution in [0.5, 0.6) is 5.75 Å². The van der Waals surface area contributed by atoms with Crippen LogP contribution in [0.1, 0.15) is 27.0 Å². The molecule has 1 aliphatic heterocycles. The molecule has 0 aliphatic carbocycles. The number of fused-ring (bicyclic) bond motifs is 1. The van der Waals surface area contributed by atoms with Gasteiger partial charge in [-0.05, 0) is 41.3 Å². The zero-order valence-corrected chi connectivity index (χ0v) is 14.1. The molecule has 0 saturated carbocycles. The molecule has 24 heavy (non-hydrogen) atoms. The molecule has 4 heteroatoms. The monoisotopic (exact) mass is 321 g/mol. The van der Waals surface area contributed by atoms with Gasteiger partial charge in [-0.15, -0.1) is 0 Å². The van der Waals surface area contributed by atoms with Gasteiger partial charge in [0.1, 0.15) is 12.2 Å². The minimum Gasteiger partial charge on any atom is -0.497 e. The fraction of sp³-hybridized carbons (Fsp3) is 0.300. The van der Waals surface area contributed by atoms with Crippen molar-refractivity contribution in [3.05, 3.63) is 69.6 Å². The summed E-state index contributed by atoms with van der Waals surface area (Å²) in [6.45, 7) is 1.37. The van der Waals surface area contributed by atoms with Crippen LogP contribution in [0.2, 0.25) is 0 Å². The zero-order chi connectivity index (χ0) is 16.9. The van der Waals surface area contributed by atoms with Crippen LogP contribution in [0, 0.1) is 6.07 Å². The number of methoxy groups -OCH3 is 1. The number of rotatable bonds is 4. The summed E-state index contributed by atoms with van der Waals surface area (Å²) in [4.78, 5) is 18.5. The Morgan fingerprint density at radius 2 is 1.92 bits per heavy atom. The highest BCUT2D eigenvalue weighted by Gasteiger charge is 2.24. The van der Waals surface area contributed by atoms with Gasteiger partial charge in [-0.1, -0.05) is 29.1 Å². The van der Waals surface area contributed by atoms with Gasteiger partial charge < -0.3 is 9.64 Å². The molecule has 0 spiro atoms. The summed E-state index contributed by atoms with van der Waals surface area (Å²) in [5, 5.41) is 0. The quantitative estimate of drug-likeness (QED) is 0.865. The summed E-state index contributed by atoms with van der Waals surface area (Å²) in [7, 11) is 3.37. The molecule has 0 radical (unpaired) electrons. The van der Waals surface area contributed by atoms with Crippen LogP contribution in [-0.2, 0) is 19.4 Å². The second-order valence-electron chi connectivity index (χ2n) is 5.87. The van der Waals surface area contributed by atoms with Gasteiger partial charge in [-0.2, -0.15) is 0 Å². The van der Waals surface area contributed by atoms with Crippen molar-refractivity contribution >= 4 is 5.91 Å². The van der Waals surface area contributed by atoms with Gasteiger partial charge in [0.15, 0.2) is 0 Å². The average Bonchev–Trinajstić information content (AvgIpc) is 2.63. The van der Waals surface area contributed by atoms with Crippen LogP contribution < -0.4 is 4.74 Å². The number of nitrogens with zero attached hydrogens (tertiary/aromatic N) is 2. The van der Waals surface area contributed by atoms with Gasteiger partial charge in [-0.3, -0.25) is 4.79 Å². The maximum absolute atomic E-state index is 12.7. The first-order valence-electron chi connectivity index (χ1n) is 8.07. The van der Waals surface area contributed by atoms with E-state index in [2.05, 4.69) is 17.0 Å². The number of ether oxygens (including phenoxy) is 1. The van der Waals surface area contributed by atoms with Gasteiger partial charge in [-0.25, -0.2) is 0 Å². The number of amides is 1. The van der Waals surface area contributed by atoms with E-state index < -0.39 is 0 Å². The van der Waals surface area contributed by atoms with Crippen molar-refractivity contribution in [3.8, 4) is 11.8 Å². The van der Waals surface area contributed by atoms with E-state index in [0.717, 1.165) is 41.0 Å². The summed E-state index contributed by atoms with van der Waals surface area (Å²) in [6.07, 6.45) is 1.57. The van der Waals surface area contributed by atoms with E-state index in [1.807, 2.05) is 41.3 Å². The van der Waals surface area contributed by atoms with Gasteiger partial charge in [0.25, 0.3) is 19.0 Å². The Morgan fingerprint density at radius 3 is 2.62 bits per heavy atom. The molecule has 0 bridgehead atoms. The minimum absolute atomic E-state index is 0.103. The van der Waals surface area contributed by atoms with Crippen molar-refractivity contribution in [1.82, 2.24) is 4.90 Å². The Labute approximate surface area is 142 Å². The fourth-order valence-electron chi connectivity index (χ4n) is 2.97. The van der Waals surface area contributed by atoms with Crippen molar-refractivity contribution in [1.29, 1.82) is 0 Å². The molecule has 3 rings (SSSR count). The Hall–Kier alpha value is -2.80. The van der Waals surface area contributed by atoms with Crippen molar-refractivity contribution in [2.45, 2.75) is 19.4 Å². The minimum atomic E-state index is 0.103. The topological polar surface area (TPSA) is 33.9 Å². The first-order chi connectivity index (χ1) is 11.7. The highest BCUT2D eigenvalue weighted by Crippen LogP contribution is 2.23. The predicted molar refractivity (Wildman–Crippen MR) is 94.8 cm³/mol. The third-order valence-electron chi connectivity index (χ3n) is 4.31.